The van der Waals surface area contributed by atoms with Crippen molar-refractivity contribution in [3.63, 3.8) is 0 Å². The van der Waals surface area contributed by atoms with E-state index in [2.05, 4.69) is 20.6 Å². The predicted molar refractivity (Wildman–Crippen MR) is 112 cm³/mol. The number of amides is 1. The molecule has 1 aromatic carbocycles. The second kappa shape index (κ2) is 7.83. The number of nitrogens with zero attached hydrogens (tertiary/aromatic N) is 2. The van der Waals surface area contributed by atoms with Crippen LogP contribution in [0.2, 0.25) is 0 Å². The van der Waals surface area contributed by atoms with Crippen LogP contribution >= 0.6 is 0 Å². The van der Waals surface area contributed by atoms with E-state index >= 15 is 0 Å². The highest BCUT2D eigenvalue weighted by atomic mass is 19.3. The highest BCUT2D eigenvalue weighted by Gasteiger charge is 2.44. The molecule has 0 saturated heterocycles. The van der Waals surface area contributed by atoms with Gasteiger partial charge >= 0.3 is 0 Å². The molecule has 0 radical (unpaired) electrons. The molecule has 2 aromatic heterocycles. The zero-order valence-corrected chi connectivity index (χ0v) is 16.1. The molecular formula is C21H22F2N6O. The Hall–Kier alpha value is -3.33. The van der Waals surface area contributed by atoms with Crippen molar-refractivity contribution >= 4 is 34.1 Å². The summed E-state index contributed by atoms with van der Waals surface area (Å²) < 4.78 is 27.9. The number of carbonyl (C=O) groups is 1. The van der Waals surface area contributed by atoms with Gasteiger partial charge in [-0.3, -0.25) is 9.78 Å². The summed E-state index contributed by atoms with van der Waals surface area (Å²) in [7, 11) is 0. The normalized spacial score (nSPS) is 20.6. The molecule has 9 heteroatoms. The fraction of sp³-hybridized carbons (Fsp3) is 0.286. The molecule has 6 N–H and O–H groups in total. The number of nitrogens with two attached hydrogens (primary N) is 2. The topological polar surface area (TPSA) is 119 Å². The van der Waals surface area contributed by atoms with Crippen molar-refractivity contribution in [3.8, 4) is 0 Å². The average Bonchev–Trinajstić information content (AvgIpc) is 2.71. The minimum atomic E-state index is -2.93. The molecule has 4 rings (SSSR count). The van der Waals surface area contributed by atoms with Crippen molar-refractivity contribution in [2.45, 2.75) is 37.3 Å². The van der Waals surface area contributed by atoms with Crippen LogP contribution in [0.25, 0.3) is 10.9 Å². The fourth-order valence-corrected chi connectivity index (χ4v) is 3.66. The SMILES string of the molecule is NC(=O)c1ccc(NC2CCCC(F)(F)C2N)nc1Nc1ccc2cccnc2c1. The first-order valence-electron chi connectivity index (χ1n) is 9.66. The second-order valence-corrected chi connectivity index (χ2v) is 7.42. The van der Waals surface area contributed by atoms with Crippen molar-refractivity contribution in [3.05, 3.63) is 54.2 Å². The van der Waals surface area contributed by atoms with E-state index in [9.17, 15) is 13.6 Å². The first-order chi connectivity index (χ1) is 14.3. The molecule has 1 fully saturated rings. The molecule has 30 heavy (non-hydrogen) atoms. The fourth-order valence-electron chi connectivity index (χ4n) is 3.66. The molecule has 1 saturated carbocycles. The van der Waals surface area contributed by atoms with Gasteiger partial charge < -0.3 is 22.1 Å². The summed E-state index contributed by atoms with van der Waals surface area (Å²) in [6, 6.07) is 10.4. The van der Waals surface area contributed by atoms with Crippen LogP contribution in [0.15, 0.2) is 48.7 Å². The number of benzene rings is 1. The quantitative estimate of drug-likeness (QED) is 0.510. The van der Waals surface area contributed by atoms with E-state index in [0.717, 1.165) is 10.9 Å². The van der Waals surface area contributed by atoms with Gasteiger partial charge in [0.1, 0.15) is 11.6 Å². The molecule has 0 bridgehead atoms. The highest BCUT2D eigenvalue weighted by molar-refractivity contribution is 5.98. The van der Waals surface area contributed by atoms with Gasteiger partial charge in [0.25, 0.3) is 11.8 Å². The Bertz CT molecular complexity index is 1090. The summed E-state index contributed by atoms with van der Waals surface area (Å²) in [6.45, 7) is 0. The number of carbonyl (C=O) groups excluding carboxylic acids is 1. The van der Waals surface area contributed by atoms with Crippen LogP contribution in [0.3, 0.4) is 0 Å². The molecule has 3 aromatic rings. The van der Waals surface area contributed by atoms with Gasteiger partial charge in [-0.25, -0.2) is 13.8 Å². The summed E-state index contributed by atoms with van der Waals surface area (Å²) in [5.41, 5.74) is 12.9. The van der Waals surface area contributed by atoms with E-state index in [4.69, 9.17) is 11.5 Å². The average molecular weight is 412 g/mol. The van der Waals surface area contributed by atoms with Crippen LogP contribution in [0.4, 0.5) is 26.1 Å². The lowest BCUT2D eigenvalue weighted by molar-refractivity contribution is -0.0554. The molecule has 1 aliphatic rings. The second-order valence-electron chi connectivity index (χ2n) is 7.42. The third kappa shape index (κ3) is 4.02. The van der Waals surface area contributed by atoms with Crippen LogP contribution in [0.5, 0.6) is 0 Å². The number of halogens is 2. The first-order valence-corrected chi connectivity index (χ1v) is 9.66. The minimum absolute atomic E-state index is 0.181. The Balaban J connectivity index is 1.62. The summed E-state index contributed by atoms with van der Waals surface area (Å²) >= 11 is 0. The summed E-state index contributed by atoms with van der Waals surface area (Å²) in [5.74, 6) is -3.03. The number of nitrogens with one attached hydrogen (secondary N) is 2. The number of anilines is 3. The number of rotatable bonds is 5. The maximum absolute atomic E-state index is 14.0. The van der Waals surface area contributed by atoms with E-state index in [0.29, 0.717) is 24.3 Å². The smallest absolute Gasteiger partial charge is 0.264 e. The Morgan fingerprint density at radius 3 is 2.83 bits per heavy atom. The van der Waals surface area contributed by atoms with Gasteiger partial charge in [0, 0.05) is 29.7 Å². The maximum Gasteiger partial charge on any atom is 0.264 e. The van der Waals surface area contributed by atoms with Crippen LogP contribution in [0, 0.1) is 0 Å². The van der Waals surface area contributed by atoms with E-state index in [1.807, 2.05) is 30.3 Å². The number of hydrogen-bond acceptors (Lipinski definition) is 6. The van der Waals surface area contributed by atoms with Crippen LogP contribution in [-0.4, -0.2) is 33.9 Å². The van der Waals surface area contributed by atoms with Gasteiger partial charge in [0.2, 0.25) is 0 Å². The zero-order chi connectivity index (χ0) is 21.3. The molecule has 1 amide bonds. The van der Waals surface area contributed by atoms with Gasteiger partial charge in [-0.2, -0.15) is 0 Å². The van der Waals surface area contributed by atoms with E-state index in [1.54, 1.807) is 6.20 Å². The van der Waals surface area contributed by atoms with Crippen LogP contribution < -0.4 is 22.1 Å². The standard InChI is InChI=1S/C21H22F2N6O/c22-21(23)9-1-4-15(18(21)24)28-17-8-7-14(19(25)30)20(29-17)27-13-6-5-12-3-2-10-26-16(12)11-13/h2-3,5-8,10-11,15,18H,1,4,9,24H2,(H2,25,30)(H2,27,28,29). The van der Waals surface area contributed by atoms with Crippen molar-refractivity contribution in [1.29, 1.82) is 0 Å². The number of hydrogen-bond donors (Lipinski definition) is 4. The molecule has 156 valence electrons. The maximum atomic E-state index is 14.0. The Morgan fingerprint density at radius 2 is 2.03 bits per heavy atom. The Labute approximate surface area is 171 Å². The Morgan fingerprint density at radius 1 is 1.20 bits per heavy atom. The highest BCUT2D eigenvalue weighted by Crippen LogP contribution is 2.34. The van der Waals surface area contributed by atoms with E-state index in [1.165, 1.54) is 12.1 Å². The minimum Gasteiger partial charge on any atom is -0.365 e. The van der Waals surface area contributed by atoms with Crippen molar-refractivity contribution in [1.82, 2.24) is 9.97 Å². The van der Waals surface area contributed by atoms with Crippen molar-refractivity contribution < 1.29 is 13.6 Å². The summed E-state index contributed by atoms with van der Waals surface area (Å²) in [5, 5.41) is 7.03. The number of aromatic nitrogens is 2. The lowest BCUT2D eigenvalue weighted by atomic mass is 9.87. The van der Waals surface area contributed by atoms with Crippen LogP contribution in [0.1, 0.15) is 29.6 Å². The van der Waals surface area contributed by atoms with Gasteiger partial charge in [0.05, 0.1) is 17.1 Å². The lowest BCUT2D eigenvalue weighted by Gasteiger charge is -2.36. The van der Waals surface area contributed by atoms with Crippen LogP contribution in [-0.2, 0) is 0 Å². The third-order valence-electron chi connectivity index (χ3n) is 5.31. The number of pyridine rings is 2. The van der Waals surface area contributed by atoms with Gasteiger partial charge in [-0.05, 0) is 43.2 Å². The predicted octanol–water partition coefficient (Wildman–Crippen LogP) is 3.40. The lowest BCUT2D eigenvalue weighted by Crippen LogP contribution is -2.55. The summed E-state index contributed by atoms with van der Waals surface area (Å²) in [4.78, 5) is 20.6. The van der Waals surface area contributed by atoms with Gasteiger partial charge in [-0.1, -0.05) is 12.1 Å². The molecule has 1 aliphatic carbocycles. The van der Waals surface area contributed by atoms with Gasteiger partial charge in [-0.15, -0.1) is 0 Å². The van der Waals surface area contributed by atoms with E-state index in [-0.39, 0.29) is 17.8 Å². The molecule has 7 nitrogen and oxygen atoms in total. The van der Waals surface area contributed by atoms with E-state index < -0.39 is 23.9 Å². The molecule has 2 heterocycles. The zero-order valence-electron chi connectivity index (χ0n) is 16.1. The molecule has 2 unspecified atom stereocenters. The number of fused-ring (bicyclic) bond motifs is 1. The molecule has 2 atom stereocenters. The molecule has 0 spiro atoms. The van der Waals surface area contributed by atoms with Crippen molar-refractivity contribution in [2.75, 3.05) is 10.6 Å². The molecular weight excluding hydrogens is 390 g/mol. The van der Waals surface area contributed by atoms with Gasteiger partial charge in [0.15, 0.2) is 0 Å². The first kappa shape index (κ1) is 20.0. The number of primary amides is 1. The third-order valence-corrected chi connectivity index (χ3v) is 5.31. The van der Waals surface area contributed by atoms with Crippen molar-refractivity contribution in [2.24, 2.45) is 11.5 Å². The summed E-state index contributed by atoms with van der Waals surface area (Å²) in [6.07, 6.45) is 2.35. The monoisotopic (exact) mass is 412 g/mol. The Kier molecular flexibility index (Phi) is 5.21. The largest absolute Gasteiger partial charge is 0.365 e. The molecule has 0 aliphatic heterocycles. The number of alkyl halides is 2.